The van der Waals surface area contributed by atoms with E-state index in [1.807, 2.05) is 11.8 Å². The summed E-state index contributed by atoms with van der Waals surface area (Å²) in [7, 11) is 0. The molecule has 2 aromatic rings. The minimum atomic E-state index is 0.716. The number of hydrogen-bond donors (Lipinski definition) is 2. The molecule has 1 atom stereocenters. The van der Waals surface area contributed by atoms with Gasteiger partial charge in [0, 0.05) is 11.8 Å². The van der Waals surface area contributed by atoms with Gasteiger partial charge in [-0.2, -0.15) is 11.8 Å². The Morgan fingerprint density at radius 3 is 3.31 bits per heavy atom. The van der Waals surface area contributed by atoms with Crippen LogP contribution in [0.4, 0.5) is 5.82 Å². The third kappa shape index (κ3) is 1.84. The molecule has 1 unspecified atom stereocenters. The Hall–Kier alpha value is -1.30. The normalized spacial score (nSPS) is 20.4. The number of aromatic amines is 1. The average Bonchev–Trinajstić information content (AvgIpc) is 2.97. The first-order chi connectivity index (χ1) is 7.93. The van der Waals surface area contributed by atoms with Crippen LogP contribution in [0.2, 0.25) is 0 Å². The summed E-state index contributed by atoms with van der Waals surface area (Å²) in [6, 6.07) is 0. The molecule has 0 amide bonds. The Balaban J connectivity index is 1.75. The van der Waals surface area contributed by atoms with E-state index in [9.17, 15) is 0 Å². The molecule has 5 nitrogen and oxygen atoms in total. The Bertz CT molecular complexity index is 477. The fourth-order valence-corrected chi connectivity index (χ4v) is 3.12. The standard InChI is InChI=1S/C10H13N5S/c1-2-7(16-3-1)4-11-9-8-10(13-5-12-8)15-6-14-9/h5-7H,1-4H2,(H2,11,12,13,14,15). The van der Waals surface area contributed by atoms with Gasteiger partial charge >= 0.3 is 0 Å². The van der Waals surface area contributed by atoms with Gasteiger partial charge in [-0.25, -0.2) is 15.0 Å². The zero-order valence-electron chi connectivity index (χ0n) is 8.81. The number of aromatic nitrogens is 4. The van der Waals surface area contributed by atoms with Crippen molar-refractivity contribution in [2.24, 2.45) is 0 Å². The maximum absolute atomic E-state index is 4.24. The average molecular weight is 235 g/mol. The van der Waals surface area contributed by atoms with Crippen LogP contribution >= 0.6 is 11.8 Å². The molecule has 0 saturated carbocycles. The molecule has 1 fully saturated rings. The van der Waals surface area contributed by atoms with Crippen molar-refractivity contribution in [3.8, 4) is 0 Å². The fourth-order valence-electron chi connectivity index (χ4n) is 1.91. The summed E-state index contributed by atoms with van der Waals surface area (Å²) in [4.78, 5) is 15.5. The number of nitrogens with one attached hydrogen (secondary N) is 2. The number of hydrogen-bond acceptors (Lipinski definition) is 5. The number of nitrogens with zero attached hydrogens (tertiary/aromatic N) is 3. The number of thioether (sulfide) groups is 1. The van der Waals surface area contributed by atoms with Crippen molar-refractivity contribution >= 4 is 28.7 Å². The maximum Gasteiger partial charge on any atom is 0.182 e. The van der Waals surface area contributed by atoms with Gasteiger partial charge in [-0.3, -0.25) is 0 Å². The first-order valence-corrected chi connectivity index (χ1v) is 6.48. The molecule has 1 aliphatic heterocycles. The van der Waals surface area contributed by atoms with E-state index in [1.54, 1.807) is 12.7 Å². The molecule has 1 saturated heterocycles. The highest BCUT2D eigenvalue weighted by molar-refractivity contribution is 8.00. The van der Waals surface area contributed by atoms with E-state index < -0.39 is 0 Å². The zero-order chi connectivity index (χ0) is 10.8. The van der Waals surface area contributed by atoms with Crippen molar-refractivity contribution < 1.29 is 0 Å². The molecule has 0 aliphatic carbocycles. The van der Waals surface area contributed by atoms with E-state index in [4.69, 9.17) is 0 Å². The van der Waals surface area contributed by atoms with Crippen LogP contribution in [-0.4, -0.2) is 37.5 Å². The van der Waals surface area contributed by atoms with E-state index in [0.717, 1.165) is 23.5 Å². The predicted octanol–water partition coefficient (Wildman–Crippen LogP) is 1.66. The first-order valence-electron chi connectivity index (χ1n) is 5.43. The molecule has 16 heavy (non-hydrogen) atoms. The Labute approximate surface area is 97.5 Å². The Morgan fingerprint density at radius 2 is 2.44 bits per heavy atom. The smallest absolute Gasteiger partial charge is 0.182 e. The van der Waals surface area contributed by atoms with Crippen LogP contribution in [0.1, 0.15) is 12.8 Å². The van der Waals surface area contributed by atoms with Crippen LogP contribution in [0.25, 0.3) is 11.2 Å². The highest BCUT2D eigenvalue weighted by Crippen LogP contribution is 2.26. The van der Waals surface area contributed by atoms with Crippen LogP contribution < -0.4 is 5.32 Å². The summed E-state index contributed by atoms with van der Waals surface area (Å²) in [5.74, 6) is 2.14. The lowest BCUT2D eigenvalue weighted by Crippen LogP contribution is -2.14. The lowest BCUT2D eigenvalue weighted by Gasteiger charge is -2.10. The molecular formula is C10H13N5S. The van der Waals surface area contributed by atoms with Crippen molar-refractivity contribution in [1.29, 1.82) is 0 Å². The molecule has 0 spiro atoms. The Kier molecular flexibility index (Phi) is 2.65. The number of fused-ring (bicyclic) bond motifs is 1. The quantitative estimate of drug-likeness (QED) is 0.847. The van der Waals surface area contributed by atoms with Gasteiger partial charge in [0.15, 0.2) is 11.5 Å². The molecule has 1 aliphatic rings. The highest BCUT2D eigenvalue weighted by atomic mass is 32.2. The third-order valence-corrected chi connectivity index (χ3v) is 4.14. The third-order valence-electron chi connectivity index (χ3n) is 2.74. The topological polar surface area (TPSA) is 66.5 Å². The summed E-state index contributed by atoms with van der Waals surface area (Å²) in [6.07, 6.45) is 5.83. The summed E-state index contributed by atoms with van der Waals surface area (Å²) in [5.41, 5.74) is 1.61. The van der Waals surface area contributed by atoms with Crippen molar-refractivity contribution in [3.05, 3.63) is 12.7 Å². The molecule has 2 N–H and O–H groups in total. The molecule has 3 rings (SSSR count). The van der Waals surface area contributed by atoms with Crippen LogP contribution in [0.15, 0.2) is 12.7 Å². The molecular weight excluding hydrogens is 222 g/mol. The van der Waals surface area contributed by atoms with Crippen molar-refractivity contribution in [2.45, 2.75) is 18.1 Å². The second kappa shape index (κ2) is 4.29. The second-order valence-corrected chi connectivity index (χ2v) is 5.25. The lowest BCUT2D eigenvalue weighted by atomic mass is 10.2. The number of H-pyrrole nitrogens is 1. The molecule has 0 radical (unpaired) electrons. The minimum absolute atomic E-state index is 0.716. The van der Waals surface area contributed by atoms with Crippen LogP contribution in [0.5, 0.6) is 0 Å². The van der Waals surface area contributed by atoms with Crippen LogP contribution in [0.3, 0.4) is 0 Å². The zero-order valence-corrected chi connectivity index (χ0v) is 9.63. The van der Waals surface area contributed by atoms with Gasteiger partial charge in [-0.15, -0.1) is 0 Å². The van der Waals surface area contributed by atoms with Crippen molar-refractivity contribution in [2.75, 3.05) is 17.6 Å². The molecule has 2 aromatic heterocycles. The second-order valence-electron chi connectivity index (χ2n) is 3.84. The number of imidazole rings is 1. The van der Waals surface area contributed by atoms with E-state index in [2.05, 4.69) is 25.3 Å². The van der Waals surface area contributed by atoms with E-state index in [1.165, 1.54) is 18.6 Å². The highest BCUT2D eigenvalue weighted by Gasteiger charge is 2.15. The molecule has 84 valence electrons. The molecule has 6 heteroatoms. The predicted molar refractivity (Wildman–Crippen MR) is 65.7 cm³/mol. The largest absolute Gasteiger partial charge is 0.367 e. The van der Waals surface area contributed by atoms with Crippen LogP contribution in [0, 0.1) is 0 Å². The van der Waals surface area contributed by atoms with Gasteiger partial charge in [0.05, 0.1) is 6.33 Å². The van der Waals surface area contributed by atoms with E-state index in [0.29, 0.717) is 5.25 Å². The van der Waals surface area contributed by atoms with Gasteiger partial charge in [0.25, 0.3) is 0 Å². The summed E-state index contributed by atoms with van der Waals surface area (Å²) >= 11 is 2.04. The molecule has 3 heterocycles. The number of anilines is 1. The van der Waals surface area contributed by atoms with Crippen molar-refractivity contribution in [3.63, 3.8) is 0 Å². The number of rotatable bonds is 3. The maximum atomic E-state index is 4.24. The van der Waals surface area contributed by atoms with Gasteiger partial charge in [-0.1, -0.05) is 0 Å². The summed E-state index contributed by atoms with van der Waals surface area (Å²) in [5, 5.41) is 4.09. The van der Waals surface area contributed by atoms with Gasteiger partial charge in [0.1, 0.15) is 11.8 Å². The van der Waals surface area contributed by atoms with Gasteiger partial charge < -0.3 is 10.3 Å². The summed E-state index contributed by atoms with van der Waals surface area (Å²) in [6.45, 7) is 0.968. The first kappa shape index (κ1) is 9.89. The molecule has 0 bridgehead atoms. The monoisotopic (exact) mass is 235 g/mol. The van der Waals surface area contributed by atoms with E-state index in [-0.39, 0.29) is 0 Å². The van der Waals surface area contributed by atoms with Crippen LogP contribution in [-0.2, 0) is 0 Å². The summed E-state index contributed by atoms with van der Waals surface area (Å²) < 4.78 is 0. The Morgan fingerprint density at radius 1 is 1.44 bits per heavy atom. The lowest BCUT2D eigenvalue weighted by molar-refractivity contribution is 0.803. The van der Waals surface area contributed by atoms with Crippen molar-refractivity contribution in [1.82, 2.24) is 19.9 Å². The fraction of sp³-hybridized carbons (Fsp3) is 0.500. The van der Waals surface area contributed by atoms with Gasteiger partial charge in [0.2, 0.25) is 0 Å². The minimum Gasteiger partial charge on any atom is -0.367 e. The SMILES string of the molecule is c1nc(NCC2CCCS2)c2[nH]cnc2n1. The van der Waals surface area contributed by atoms with Gasteiger partial charge in [-0.05, 0) is 18.6 Å². The van der Waals surface area contributed by atoms with E-state index >= 15 is 0 Å². The molecule has 0 aromatic carbocycles.